The average molecular weight is 217 g/mol. The molecule has 1 atom stereocenters. The number of furan rings is 1. The van der Waals surface area contributed by atoms with E-state index in [9.17, 15) is 0 Å². The Morgan fingerprint density at radius 2 is 2.25 bits per heavy atom. The number of morpholine rings is 1. The Morgan fingerprint density at radius 3 is 3.12 bits per heavy atom. The molecular formula is C13H15NO2. The van der Waals surface area contributed by atoms with Crippen LogP contribution in [0.5, 0.6) is 0 Å². The second kappa shape index (κ2) is 4.28. The Kier molecular flexibility index (Phi) is 2.64. The van der Waals surface area contributed by atoms with E-state index < -0.39 is 0 Å². The molecule has 0 bridgehead atoms. The van der Waals surface area contributed by atoms with E-state index in [1.54, 1.807) is 0 Å². The van der Waals surface area contributed by atoms with Crippen molar-refractivity contribution < 1.29 is 9.15 Å². The molecule has 0 spiro atoms. The van der Waals surface area contributed by atoms with Gasteiger partial charge in [0, 0.05) is 18.0 Å². The maximum absolute atomic E-state index is 5.52. The van der Waals surface area contributed by atoms with Crippen molar-refractivity contribution in [1.29, 1.82) is 0 Å². The Hall–Kier alpha value is -1.32. The van der Waals surface area contributed by atoms with Gasteiger partial charge in [0.25, 0.3) is 0 Å². The zero-order chi connectivity index (χ0) is 10.8. The summed E-state index contributed by atoms with van der Waals surface area (Å²) in [6.45, 7) is 2.56. The molecule has 1 N–H and O–H groups in total. The molecule has 0 amide bonds. The first-order valence-corrected chi connectivity index (χ1v) is 5.70. The molecule has 0 aliphatic carbocycles. The molecule has 2 heterocycles. The quantitative estimate of drug-likeness (QED) is 0.835. The molecule has 3 heteroatoms. The summed E-state index contributed by atoms with van der Waals surface area (Å²) in [7, 11) is 0. The molecule has 1 aromatic heterocycles. The lowest BCUT2D eigenvalue weighted by Gasteiger charge is -2.23. The first-order chi connectivity index (χ1) is 7.93. The molecule has 1 unspecified atom stereocenters. The smallest absolute Gasteiger partial charge is 0.134 e. The van der Waals surface area contributed by atoms with Crippen molar-refractivity contribution in [3.05, 3.63) is 36.1 Å². The van der Waals surface area contributed by atoms with Crippen LogP contribution in [0.15, 0.2) is 34.9 Å². The zero-order valence-corrected chi connectivity index (χ0v) is 9.11. The van der Waals surface area contributed by atoms with Crippen LogP contribution in [-0.4, -0.2) is 25.8 Å². The normalized spacial score (nSPS) is 21.4. The molecule has 3 nitrogen and oxygen atoms in total. The summed E-state index contributed by atoms with van der Waals surface area (Å²) in [5.74, 6) is 0. The van der Waals surface area contributed by atoms with Gasteiger partial charge in [-0.25, -0.2) is 0 Å². The minimum Gasteiger partial charge on any atom is -0.464 e. The topological polar surface area (TPSA) is 34.4 Å². The van der Waals surface area contributed by atoms with E-state index in [4.69, 9.17) is 9.15 Å². The molecule has 84 valence electrons. The molecule has 1 aliphatic rings. The summed E-state index contributed by atoms with van der Waals surface area (Å²) < 4.78 is 11.0. The molecule has 1 aliphatic heterocycles. The van der Waals surface area contributed by atoms with E-state index in [0.29, 0.717) is 6.04 Å². The number of ether oxygens (including phenoxy) is 1. The third kappa shape index (κ3) is 1.84. The van der Waals surface area contributed by atoms with Gasteiger partial charge in [0.05, 0.1) is 19.5 Å². The Morgan fingerprint density at radius 1 is 1.31 bits per heavy atom. The fourth-order valence-corrected chi connectivity index (χ4v) is 2.21. The maximum atomic E-state index is 5.52. The van der Waals surface area contributed by atoms with Crippen LogP contribution >= 0.6 is 0 Å². The van der Waals surface area contributed by atoms with Gasteiger partial charge in [-0.1, -0.05) is 18.2 Å². The van der Waals surface area contributed by atoms with Gasteiger partial charge in [-0.2, -0.15) is 0 Å². The lowest BCUT2D eigenvalue weighted by Crippen LogP contribution is -2.42. The third-order valence-electron chi connectivity index (χ3n) is 3.03. The monoisotopic (exact) mass is 217 g/mol. The molecule has 0 radical (unpaired) electrons. The van der Waals surface area contributed by atoms with Crippen LogP contribution in [0.1, 0.15) is 5.56 Å². The Balaban J connectivity index is 1.83. The van der Waals surface area contributed by atoms with Gasteiger partial charge >= 0.3 is 0 Å². The highest BCUT2D eigenvalue weighted by Crippen LogP contribution is 2.22. The first kappa shape index (κ1) is 9.87. The molecule has 1 fully saturated rings. The van der Waals surface area contributed by atoms with E-state index in [0.717, 1.165) is 31.8 Å². The van der Waals surface area contributed by atoms with Crippen LogP contribution in [0.25, 0.3) is 11.0 Å². The molecule has 3 rings (SSSR count). The van der Waals surface area contributed by atoms with Gasteiger partial charge in [-0.05, 0) is 18.1 Å². The number of benzene rings is 1. The Bertz CT molecular complexity index is 471. The van der Waals surface area contributed by atoms with E-state index in [1.807, 2.05) is 24.5 Å². The van der Waals surface area contributed by atoms with Crippen LogP contribution in [0.4, 0.5) is 0 Å². The summed E-state index contributed by atoms with van der Waals surface area (Å²) >= 11 is 0. The van der Waals surface area contributed by atoms with Gasteiger partial charge in [0.15, 0.2) is 0 Å². The van der Waals surface area contributed by atoms with Gasteiger partial charge in [0.2, 0.25) is 0 Å². The van der Waals surface area contributed by atoms with Gasteiger partial charge < -0.3 is 14.5 Å². The minimum atomic E-state index is 0.412. The van der Waals surface area contributed by atoms with E-state index in [2.05, 4.69) is 11.4 Å². The van der Waals surface area contributed by atoms with Crippen molar-refractivity contribution in [2.75, 3.05) is 19.8 Å². The fraction of sp³-hybridized carbons (Fsp3) is 0.385. The second-order valence-corrected chi connectivity index (χ2v) is 4.19. The summed E-state index contributed by atoms with van der Waals surface area (Å²) in [5, 5.41) is 4.67. The molecule has 2 aromatic rings. The zero-order valence-electron chi connectivity index (χ0n) is 9.11. The van der Waals surface area contributed by atoms with Crippen molar-refractivity contribution in [3.8, 4) is 0 Å². The predicted octanol–water partition coefficient (Wildman–Crippen LogP) is 1.96. The van der Waals surface area contributed by atoms with Crippen molar-refractivity contribution >= 4 is 11.0 Å². The highest BCUT2D eigenvalue weighted by molar-refractivity contribution is 5.80. The molecule has 0 saturated carbocycles. The number of hydrogen-bond acceptors (Lipinski definition) is 3. The van der Waals surface area contributed by atoms with Crippen LogP contribution in [0.3, 0.4) is 0 Å². The second-order valence-electron chi connectivity index (χ2n) is 4.19. The number of rotatable bonds is 2. The van der Waals surface area contributed by atoms with Crippen molar-refractivity contribution in [1.82, 2.24) is 5.32 Å². The molecule has 1 aromatic carbocycles. The summed E-state index contributed by atoms with van der Waals surface area (Å²) in [6.07, 6.45) is 2.83. The molecular weight excluding hydrogens is 202 g/mol. The summed E-state index contributed by atoms with van der Waals surface area (Å²) in [4.78, 5) is 0. The highest BCUT2D eigenvalue weighted by Gasteiger charge is 2.15. The van der Waals surface area contributed by atoms with Crippen molar-refractivity contribution in [2.45, 2.75) is 12.5 Å². The van der Waals surface area contributed by atoms with Crippen LogP contribution in [0.2, 0.25) is 0 Å². The SMILES string of the molecule is c1ccc2c(CC3COCCN3)coc2c1. The standard InChI is InChI=1S/C13H15NO2/c1-2-4-13-12(3-1)10(8-16-13)7-11-9-15-6-5-14-11/h1-4,8,11,14H,5-7,9H2. The molecule has 1 saturated heterocycles. The van der Waals surface area contributed by atoms with Crippen LogP contribution in [-0.2, 0) is 11.2 Å². The lowest BCUT2D eigenvalue weighted by molar-refractivity contribution is 0.0770. The highest BCUT2D eigenvalue weighted by atomic mass is 16.5. The minimum absolute atomic E-state index is 0.412. The van der Waals surface area contributed by atoms with Crippen molar-refractivity contribution in [3.63, 3.8) is 0 Å². The molecule has 16 heavy (non-hydrogen) atoms. The fourth-order valence-electron chi connectivity index (χ4n) is 2.21. The van der Waals surface area contributed by atoms with Crippen LogP contribution < -0.4 is 5.32 Å². The van der Waals surface area contributed by atoms with Gasteiger partial charge in [0.1, 0.15) is 5.58 Å². The Labute approximate surface area is 94.4 Å². The number of hydrogen-bond donors (Lipinski definition) is 1. The van der Waals surface area contributed by atoms with E-state index >= 15 is 0 Å². The number of fused-ring (bicyclic) bond motifs is 1. The lowest BCUT2D eigenvalue weighted by atomic mass is 10.1. The average Bonchev–Trinajstić information content (AvgIpc) is 2.74. The summed E-state index contributed by atoms with van der Waals surface area (Å²) in [5.41, 5.74) is 2.23. The van der Waals surface area contributed by atoms with E-state index in [-0.39, 0.29) is 0 Å². The maximum Gasteiger partial charge on any atom is 0.134 e. The van der Waals surface area contributed by atoms with E-state index in [1.165, 1.54) is 10.9 Å². The summed E-state index contributed by atoms with van der Waals surface area (Å²) in [6, 6.07) is 8.57. The predicted molar refractivity (Wildman–Crippen MR) is 62.5 cm³/mol. The van der Waals surface area contributed by atoms with Gasteiger partial charge in [-0.15, -0.1) is 0 Å². The van der Waals surface area contributed by atoms with Crippen LogP contribution in [0, 0.1) is 0 Å². The van der Waals surface area contributed by atoms with Crippen molar-refractivity contribution in [2.24, 2.45) is 0 Å². The number of nitrogens with one attached hydrogen (secondary N) is 1. The first-order valence-electron chi connectivity index (χ1n) is 5.70. The largest absolute Gasteiger partial charge is 0.464 e. The van der Waals surface area contributed by atoms with Gasteiger partial charge in [-0.3, -0.25) is 0 Å². The number of para-hydroxylation sites is 1. The third-order valence-corrected chi connectivity index (χ3v) is 3.03.